The monoisotopic (exact) mass is 219 g/mol. The lowest BCUT2D eigenvalue weighted by atomic mass is 9.83. The molecule has 0 aromatic heterocycles. The summed E-state index contributed by atoms with van der Waals surface area (Å²) in [5, 5.41) is 11.8. The van der Waals surface area contributed by atoms with E-state index in [0.717, 1.165) is 11.3 Å². The zero-order valence-electron chi connectivity index (χ0n) is 9.28. The van der Waals surface area contributed by atoms with E-state index >= 15 is 0 Å². The van der Waals surface area contributed by atoms with Crippen molar-refractivity contribution in [3.63, 3.8) is 0 Å². The number of aliphatic hydroxyl groups excluding tert-OH is 1. The molecular weight excluding hydrogens is 202 g/mol. The van der Waals surface area contributed by atoms with Gasteiger partial charge in [0.25, 0.3) is 0 Å². The molecule has 1 amide bonds. The maximum atomic E-state index is 11.6. The third kappa shape index (κ3) is 2.83. The van der Waals surface area contributed by atoms with Gasteiger partial charge in [-0.15, -0.1) is 0 Å². The van der Waals surface area contributed by atoms with E-state index in [1.54, 1.807) is 0 Å². The van der Waals surface area contributed by atoms with Gasteiger partial charge in [0.05, 0.1) is 6.61 Å². The molecule has 1 saturated carbocycles. The van der Waals surface area contributed by atoms with Gasteiger partial charge in [-0.1, -0.05) is 18.6 Å². The van der Waals surface area contributed by atoms with E-state index in [-0.39, 0.29) is 12.5 Å². The Hall–Kier alpha value is -1.35. The maximum Gasteiger partial charge on any atom is 0.224 e. The number of hydrogen-bond donors (Lipinski definition) is 2. The van der Waals surface area contributed by atoms with Crippen molar-refractivity contribution < 1.29 is 9.90 Å². The van der Waals surface area contributed by atoms with Crippen LogP contribution in [0.15, 0.2) is 24.3 Å². The summed E-state index contributed by atoms with van der Waals surface area (Å²) in [6.07, 6.45) is 4.29. The van der Waals surface area contributed by atoms with Crippen LogP contribution in [0.4, 0.5) is 5.69 Å². The minimum atomic E-state index is 0.0380. The molecule has 16 heavy (non-hydrogen) atoms. The Labute approximate surface area is 95.5 Å². The fourth-order valence-corrected chi connectivity index (χ4v) is 1.86. The van der Waals surface area contributed by atoms with E-state index in [2.05, 4.69) is 5.32 Å². The molecule has 1 aliphatic carbocycles. The first-order valence-electron chi connectivity index (χ1n) is 5.77. The predicted octanol–water partition coefficient (Wildman–Crippen LogP) is 2.31. The van der Waals surface area contributed by atoms with E-state index in [1.807, 2.05) is 24.3 Å². The zero-order valence-corrected chi connectivity index (χ0v) is 9.28. The summed E-state index contributed by atoms with van der Waals surface area (Å²) in [6.45, 7) is 0.0380. The molecule has 0 atom stereocenters. The first-order chi connectivity index (χ1) is 7.78. The molecule has 1 fully saturated rings. The minimum absolute atomic E-state index is 0.0380. The zero-order chi connectivity index (χ0) is 11.4. The Morgan fingerprint density at radius 1 is 1.31 bits per heavy atom. The molecule has 0 aliphatic heterocycles. The molecule has 0 bridgehead atoms. The average Bonchev–Trinajstić information content (AvgIpc) is 2.25. The van der Waals surface area contributed by atoms with Gasteiger partial charge < -0.3 is 10.4 Å². The van der Waals surface area contributed by atoms with Gasteiger partial charge in [-0.05, 0) is 36.5 Å². The van der Waals surface area contributed by atoms with Crippen LogP contribution in [0.5, 0.6) is 0 Å². The molecule has 0 heterocycles. The van der Waals surface area contributed by atoms with Crippen LogP contribution in [-0.2, 0) is 11.4 Å². The Bertz CT molecular complexity index is 355. The van der Waals surface area contributed by atoms with Crippen molar-refractivity contribution in [2.75, 3.05) is 5.32 Å². The fourth-order valence-electron chi connectivity index (χ4n) is 1.86. The van der Waals surface area contributed by atoms with E-state index < -0.39 is 0 Å². The first-order valence-corrected chi connectivity index (χ1v) is 5.77. The standard InChI is InChI=1S/C13H17NO2/c15-9-11-4-6-12(7-5-11)14-13(16)8-10-2-1-3-10/h4-7,10,15H,1-3,8-9H2,(H,14,16). The van der Waals surface area contributed by atoms with Gasteiger partial charge in [0.2, 0.25) is 5.91 Å². The normalized spacial score (nSPS) is 15.6. The van der Waals surface area contributed by atoms with Gasteiger partial charge in [0, 0.05) is 12.1 Å². The number of aliphatic hydroxyl groups is 1. The summed E-state index contributed by atoms with van der Waals surface area (Å²) in [5.41, 5.74) is 1.67. The van der Waals surface area contributed by atoms with Crippen molar-refractivity contribution in [3.8, 4) is 0 Å². The predicted molar refractivity (Wildman–Crippen MR) is 63.0 cm³/mol. The molecule has 86 valence electrons. The van der Waals surface area contributed by atoms with E-state index in [9.17, 15) is 4.79 Å². The molecule has 3 nitrogen and oxygen atoms in total. The molecule has 1 aliphatic rings. The second-order valence-electron chi connectivity index (χ2n) is 4.40. The largest absolute Gasteiger partial charge is 0.392 e. The Morgan fingerprint density at radius 2 is 2.00 bits per heavy atom. The average molecular weight is 219 g/mol. The van der Waals surface area contributed by atoms with Gasteiger partial charge >= 0.3 is 0 Å². The third-order valence-corrected chi connectivity index (χ3v) is 3.12. The highest BCUT2D eigenvalue weighted by atomic mass is 16.3. The number of nitrogens with one attached hydrogen (secondary N) is 1. The van der Waals surface area contributed by atoms with Crippen molar-refractivity contribution in [2.24, 2.45) is 5.92 Å². The van der Waals surface area contributed by atoms with E-state index in [1.165, 1.54) is 19.3 Å². The van der Waals surface area contributed by atoms with Crippen LogP contribution in [0.3, 0.4) is 0 Å². The van der Waals surface area contributed by atoms with Crippen LogP contribution in [-0.4, -0.2) is 11.0 Å². The quantitative estimate of drug-likeness (QED) is 0.816. The van der Waals surface area contributed by atoms with Crippen LogP contribution >= 0.6 is 0 Å². The van der Waals surface area contributed by atoms with Crippen LogP contribution in [0, 0.1) is 5.92 Å². The molecular formula is C13H17NO2. The first kappa shape index (κ1) is 11.1. The summed E-state index contributed by atoms with van der Waals surface area (Å²) in [5.74, 6) is 0.693. The third-order valence-electron chi connectivity index (χ3n) is 3.12. The molecule has 0 radical (unpaired) electrons. The van der Waals surface area contributed by atoms with Gasteiger partial charge in [0.1, 0.15) is 0 Å². The molecule has 1 aromatic rings. The molecule has 0 unspecified atom stereocenters. The molecule has 2 rings (SSSR count). The van der Waals surface area contributed by atoms with Crippen molar-refractivity contribution in [1.82, 2.24) is 0 Å². The van der Waals surface area contributed by atoms with Gasteiger partial charge in [-0.2, -0.15) is 0 Å². The lowest BCUT2D eigenvalue weighted by Gasteiger charge is -2.24. The Balaban J connectivity index is 1.84. The molecule has 2 N–H and O–H groups in total. The smallest absolute Gasteiger partial charge is 0.224 e. The van der Waals surface area contributed by atoms with Crippen molar-refractivity contribution >= 4 is 11.6 Å². The molecule has 0 spiro atoms. The lowest BCUT2D eigenvalue weighted by Crippen LogP contribution is -2.20. The number of carbonyl (C=O) groups excluding carboxylic acids is 1. The van der Waals surface area contributed by atoms with Gasteiger partial charge in [-0.25, -0.2) is 0 Å². The van der Waals surface area contributed by atoms with Crippen molar-refractivity contribution in [2.45, 2.75) is 32.3 Å². The second kappa shape index (κ2) is 5.12. The van der Waals surface area contributed by atoms with Crippen LogP contribution in [0.1, 0.15) is 31.2 Å². The number of amides is 1. The Morgan fingerprint density at radius 3 is 2.50 bits per heavy atom. The number of rotatable bonds is 4. The second-order valence-corrected chi connectivity index (χ2v) is 4.40. The topological polar surface area (TPSA) is 49.3 Å². The summed E-state index contributed by atoms with van der Waals surface area (Å²) >= 11 is 0. The van der Waals surface area contributed by atoms with Crippen LogP contribution < -0.4 is 5.32 Å². The van der Waals surface area contributed by atoms with Crippen molar-refractivity contribution in [1.29, 1.82) is 0 Å². The highest BCUT2D eigenvalue weighted by molar-refractivity contribution is 5.90. The van der Waals surface area contributed by atoms with Crippen molar-refractivity contribution in [3.05, 3.63) is 29.8 Å². The number of carbonyl (C=O) groups is 1. The molecule has 1 aromatic carbocycles. The van der Waals surface area contributed by atoms with E-state index in [0.29, 0.717) is 12.3 Å². The highest BCUT2D eigenvalue weighted by Crippen LogP contribution is 2.29. The SMILES string of the molecule is O=C(CC1CCC1)Nc1ccc(CO)cc1. The highest BCUT2D eigenvalue weighted by Gasteiger charge is 2.20. The molecule has 3 heteroatoms. The summed E-state index contributed by atoms with van der Waals surface area (Å²) in [7, 11) is 0. The molecule has 0 saturated heterocycles. The minimum Gasteiger partial charge on any atom is -0.392 e. The van der Waals surface area contributed by atoms with Gasteiger partial charge in [0.15, 0.2) is 0 Å². The summed E-state index contributed by atoms with van der Waals surface area (Å²) in [4.78, 5) is 11.6. The number of hydrogen-bond acceptors (Lipinski definition) is 2. The van der Waals surface area contributed by atoms with Crippen LogP contribution in [0.25, 0.3) is 0 Å². The fraction of sp³-hybridized carbons (Fsp3) is 0.462. The number of anilines is 1. The van der Waals surface area contributed by atoms with Crippen LogP contribution in [0.2, 0.25) is 0 Å². The van der Waals surface area contributed by atoms with E-state index in [4.69, 9.17) is 5.11 Å². The summed E-state index contributed by atoms with van der Waals surface area (Å²) < 4.78 is 0. The van der Waals surface area contributed by atoms with Gasteiger partial charge in [-0.3, -0.25) is 4.79 Å². The number of benzene rings is 1. The maximum absolute atomic E-state index is 11.6. The lowest BCUT2D eigenvalue weighted by molar-refractivity contribution is -0.117. The summed E-state index contributed by atoms with van der Waals surface area (Å²) in [6, 6.07) is 7.28. The Kier molecular flexibility index (Phi) is 3.57.